The molecule has 0 spiro atoms. The molecular formula is C16H25N3. The molecule has 1 aliphatic carbocycles. The lowest BCUT2D eigenvalue weighted by Crippen LogP contribution is -2.43. The molecule has 3 rings (SSSR count). The standard InChI is InChI=1S/C16H25N3/c1-13-17-10-9-16(18-13)14-6-5-11-19(12-14)15-7-3-2-4-8-15/h9-10,14-15H,2-8,11-12H2,1H3/t14-/m0/s1. The van der Waals surface area contributed by atoms with Crippen molar-refractivity contribution >= 4 is 0 Å². The fourth-order valence-corrected chi connectivity index (χ4v) is 3.73. The number of aromatic nitrogens is 2. The van der Waals surface area contributed by atoms with Gasteiger partial charge in [-0.15, -0.1) is 0 Å². The van der Waals surface area contributed by atoms with Crippen LogP contribution in [-0.4, -0.2) is 34.0 Å². The SMILES string of the molecule is Cc1nccc([C@H]2CCCN(C3CCCCC3)C2)n1. The van der Waals surface area contributed by atoms with Gasteiger partial charge in [0.25, 0.3) is 0 Å². The lowest BCUT2D eigenvalue weighted by molar-refractivity contribution is 0.118. The Labute approximate surface area is 116 Å². The van der Waals surface area contributed by atoms with Gasteiger partial charge < -0.3 is 0 Å². The summed E-state index contributed by atoms with van der Waals surface area (Å²) in [5.74, 6) is 1.53. The molecule has 0 radical (unpaired) electrons. The third-order valence-corrected chi connectivity index (χ3v) is 4.76. The van der Waals surface area contributed by atoms with E-state index in [9.17, 15) is 0 Å². The Hall–Kier alpha value is -0.960. The number of nitrogens with zero attached hydrogens (tertiary/aromatic N) is 3. The van der Waals surface area contributed by atoms with E-state index in [1.54, 1.807) is 0 Å². The van der Waals surface area contributed by atoms with E-state index in [0.717, 1.165) is 11.9 Å². The van der Waals surface area contributed by atoms with Crippen molar-refractivity contribution in [3.05, 3.63) is 23.8 Å². The highest BCUT2D eigenvalue weighted by Crippen LogP contribution is 2.30. The van der Waals surface area contributed by atoms with E-state index in [4.69, 9.17) is 0 Å². The van der Waals surface area contributed by atoms with Crippen molar-refractivity contribution in [2.24, 2.45) is 0 Å². The second kappa shape index (κ2) is 6.00. The predicted molar refractivity (Wildman–Crippen MR) is 77.2 cm³/mol. The van der Waals surface area contributed by atoms with Gasteiger partial charge in [-0.3, -0.25) is 4.90 Å². The normalized spacial score (nSPS) is 26.5. The lowest BCUT2D eigenvalue weighted by Gasteiger charge is -2.39. The van der Waals surface area contributed by atoms with Crippen LogP contribution < -0.4 is 0 Å². The van der Waals surface area contributed by atoms with Crippen LogP contribution in [0, 0.1) is 6.92 Å². The van der Waals surface area contributed by atoms with Gasteiger partial charge in [-0.2, -0.15) is 0 Å². The molecule has 0 unspecified atom stereocenters. The topological polar surface area (TPSA) is 29.0 Å². The molecule has 0 amide bonds. The quantitative estimate of drug-likeness (QED) is 0.816. The van der Waals surface area contributed by atoms with Gasteiger partial charge in [0.2, 0.25) is 0 Å². The molecule has 3 nitrogen and oxygen atoms in total. The van der Waals surface area contributed by atoms with Gasteiger partial charge >= 0.3 is 0 Å². The fraction of sp³-hybridized carbons (Fsp3) is 0.750. The first-order chi connectivity index (χ1) is 9.33. The fourth-order valence-electron chi connectivity index (χ4n) is 3.73. The van der Waals surface area contributed by atoms with Crippen LogP contribution in [0.5, 0.6) is 0 Å². The van der Waals surface area contributed by atoms with Crippen LogP contribution in [0.25, 0.3) is 0 Å². The maximum absolute atomic E-state index is 4.64. The van der Waals surface area contributed by atoms with Crippen LogP contribution in [0.4, 0.5) is 0 Å². The smallest absolute Gasteiger partial charge is 0.125 e. The molecule has 1 atom stereocenters. The van der Waals surface area contributed by atoms with Crippen LogP contribution in [0.15, 0.2) is 12.3 Å². The van der Waals surface area contributed by atoms with E-state index < -0.39 is 0 Å². The summed E-state index contributed by atoms with van der Waals surface area (Å²) in [6.07, 6.45) is 11.7. The van der Waals surface area contributed by atoms with Gasteiger partial charge in [-0.05, 0) is 45.2 Å². The number of hydrogen-bond donors (Lipinski definition) is 0. The Morgan fingerprint density at radius 1 is 1.11 bits per heavy atom. The Bertz CT molecular complexity index is 412. The zero-order valence-electron chi connectivity index (χ0n) is 12.0. The monoisotopic (exact) mass is 259 g/mol. The molecular weight excluding hydrogens is 234 g/mol. The molecule has 1 aromatic rings. The molecule has 1 aliphatic heterocycles. The molecule has 3 heteroatoms. The minimum atomic E-state index is 0.623. The molecule has 1 aromatic heterocycles. The number of aryl methyl sites for hydroxylation is 1. The average Bonchev–Trinajstić information content (AvgIpc) is 2.48. The third kappa shape index (κ3) is 3.14. The number of rotatable bonds is 2. The highest BCUT2D eigenvalue weighted by atomic mass is 15.2. The largest absolute Gasteiger partial charge is 0.300 e. The van der Waals surface area contributed by atoms with Crippen LogP contribution in [0.3, 0.4) is 0 Å². The van der Waals surface area contributed by atoms with Crippen molar-refractivity contribution in [3.63, 3.8) is 0 Å². The van der Waals surface area contributed by atoms with E-state index in [2.05, 4.69) is 20.9 Å². The third-order valence-electron chi connectivity index (χ3n) is 4.76. The maximum Gasteiger partial charge on any atom is 0.125 e. The molecule has 0 aromatic carbocycles. The van der Waals surface area contributed by atoms with Gasteiger partial charge in [-0.25, -0.2) is 9.97 Å². The summed E-state index contributed by atoms with van der Waals surface area (Å²) < 4.78 is 0. The molecule has 0 N–H and O–H groups in total. The van der Waals surface area contributed by atoms with Crippen molar-refractivity contribution < 1.29 is 0 Å². The molecule has 104 valence electrons. The molecule has 2 fully saturated rings. The number of piperidine rings is 1. The summed E-state index contributed by atoms with van der Waals surface area (Å²) >= 11 is 0. The van der Waals surface area contributed by atoms with E-state index >= 15 is 0 Å². The highest BCUT2D eigenvalue weighted by Gasteiger charge is 2.28. The summed E-state index contributed by atoms with van der Waals surface area (Å²) in [5, 5.41) is 0. The first-order valence-corrected chi connectivity index (χ1v) is 7.86. The van der Waals surface area contributed by atoms with Crippen LogP contribution in [0.1, 0.15) is 62.4 Å². The van der Waals surface area contributed by atoms with Crippen molar-refractivity contribution in [2.75, 3.05) is 13.1 Å². The molecule has 2 heterocycles. The van der Waals surface area contributed by atoms with Crippen LogP contribution in [0.2, 0.25) is 0 Å². The summed E-state index contributed by atoms with van der Waals surface area (Å²) in [5.41, 5.74) is 1.26. The van der Waals surface area contributed by atoms with Crippen molar-refractivity contribution in [1.82, 2.24) is 14.9 Å². The summed E-state index contributed by atoms with van der Waals surface area (Å²) in [4.78, 5) is 11.6. The van der Waals surface area contributed by atoms with Gasteiger partial charge in [0.1, 0.15) is 5.82 Å². The minimum Gasteiger partial charge on any atom is -0.300 e. The maximum atomic E-state index is 4.64. The Balaban J connectivity index is 1.67. The first kappa shape index (κ1) is 13.0. The van der Waals surface area contributed by atoms with E-state index in [-0.39, 0.29) is 0 Å². The molecule has 2 aliphatic rings. The first-order valence-electron chi connectivity index (χ1n) is 7.86. The highest BCUT2D eigenvalue weighted by molar-refractivity contribution is 5.10. The van der Waals surface area contributed by atoms with Gasteiger partial charge in [0.15, 0.2) is 0 Å². The average molecular weight is 259 g/mol. The van der Waals surface area contributed by atoms with E-state index in [1.807, 2.05) is 13.1 Å². The minimum absolute atomic E-state index is 0.623. The van der Waals surface area contributed by atoms with Crippen LogP contribution >= 0.6 is 0 Å². The zero-order chi connectivity index (χ0) is 13.1. The second-order valence-corrected chi connectivity index (χ2v) is 6.15. The predicted octanol–water partition coefficient (Wildman–Crippen LogP) is 3.30. The van der Waals surface area contributed by atoms with Gasteiger partial charge in [0, 0.05) is 30.4 Å². The van der Waals surface area contributed by atoms with E-state index in [1.165, 1.54) is 63.7 Å². The lowest BCUT2D eigenvalue weighted by atomic mass is 9.89. The van der Waals surface area contributed by atoms with E-state index in [0.29, 0.717) is 5.92 Å². The molecule has 19 heavy (non-hydrogen) atoms. The number of hydrogen-bond acceptors (Lipinski definition) is 3. The van der Waals surface area contributed by atoms with Crippen LogP contribution in [-0.2, 0) is 0 Å². The Morgan fingerprint density at radius 3 is 2.74 bits per heavy atom. The van der Waals surface area contributed by atoms with Gasteiger partial charge in [0.05, 0.1) is 0 Å². The summed E-state index contributed by atoms with van der Waals surface area (Å²) in [6.45, 7) is 4.50. The summed E-state index contributed by atoms with van der Waals surface area (Å²) in [7, 11) is 0. The summed E-state index contributed by atoms with van der Waals surface area (Å²) in [6, 6.07) is 2.96. The molecule has 1 saturated carbocycles. The second-order valence-electron chi connectivity index (χ2n) is 6.15. The van der Waals surface area contributed by atoms with Crippen molar-refractivity contribution in [3.8, 4) is 0 Å². The number of likely N-dealkylation sites (tertiary alicyclic amines) is 1. The molecule has 1 saturated heterocycles. The zero-order valence-corrected chi connectivity index (χ0v) is 12.0. The van der Waals surface area contributed by atoms with Crippen molar-refractivity contribution in [1.29, 1.82) is 0 Å². The Kier molecular flexibility index (Phi) is 4.12. The van der Waals surface area contributed by atoms with Crippen molar-refractivity contribution in [2.45, 2.75) is 63.8 Å². The Morgan fingerprint density at radius 2 is 1.95 bits per heavy atom. The molecule has 0 bridgehead atoms. The van der Waals surface area contributed by atoms with Gasteiger partial charge in [-0.1, -0.05) is 19.3 Å².